The van der Waals surface area contributed by atoms with E-state index in [1.54, 1.807) is 6.92 Å². The molecule has 1 aromatic heterocycles. The Morgan fingerprint density at radius 2 is 2.05 bits per heavy atom. The number of hydrogen-bond donors (Lipinski definition) is 3. The van der Waals surface area contributed by atoms with Crippen LogP contribution in [-0.4, -0.2) is 49.3 Å². The second kappa shape index (κ2) is 7.08. The Kier molecular flexibility index (Phi) is 5.16. The molecule has 0 spiro atoms. The lowest BCUT2D eigenvalue weighted by Crippen LogP contribution is -2.44. The minimum Gasteiger partial charge on any atom is -0.378 e. The fourth-order valence-electron chi connectivity index (χ4n) is 2.17. The Morgan fingerprint density at radius 1 is 1.36 bits per heavy atom. The molecule has 3 amide bonds. The van der Waals surface area contributed by atoms with Crippen LogP contribution in [-0.2, 0) is 9.53 Å². The monoisotopic (exact) mass is 307 g/mol. The molecular weight excluding hydrogens is 286 g/mol. The van der Waals surface area contributed by atoms with E-state index in [1.807, 2.05) is 19.1 Å². The van der Waals surface area contributed by atoms with E-state index in [0.29, 0.717) is 24.6 Å². The normalized spacial score (nSPS) is 16.0. The lowest BCUT2D eigenvalue weighted by Gasteiger charge is -2.28. The molecule has 1 aliphatic heterocycles. The first kappa shape index (κ1) is 16.0. The number of morpholine rings is 1. The summed E-state index contributed by atoms with van der Waals surface area (Å²) in [6.45, 7) is 6.37. The van der Waals surface area contributed by atoms with Crippen molar-refractivity contribution in [1.82, 2.24) is 10.3 Å². The topological polar surface area (TPSA) is 110 Å². The van der Waals surface area contributed by atoms with Gasteiger partial charge in [0.05, 0.1) is 24.6 Å². The maximum atomic E-state index is 12.0. The largest absolute Gasteiger partial charge is 0.378 e. The first-order chi connectivity index (χ1) is 10.5. The number of carbonyl (C=O) groups is 2. The van der Waals surface area contributed by atoms with Gasteiger partial charge in [0.15, 0.2) is 0 Å². The number of urea groups is 1. The van der Waals surface area contributed by atoms with E-state index < -0.39 is 12.1 Å². The molecule has 2 heterocycles. The van der Waals surface area contributed by atoms with Crippen LogP contribution < -0.4 is 21.3 Å². The molecule has 0 aliphatic carbocycles. The summed E-state index contributed by atoms with van der Waals surface area (Å²) >= 11 is 0. The van der Waals surface area contributed by atoms with E-state index in [0.717, 1.165) is 18.9 Å². The minimum absolute atomic E-state index is 0.345. The third-order valence-corrected chi connectivity index (χ3v) is 3.42. The van der Waals surface area contributed by atoms with Crippen LogP contribution in [0.4, 0.5) is 16.3 Å². The number of rotatable bonds is 4. The van der Waals surface area contributed by atoms with Crippen LogP contribution in [0.3, 0.4) is 0 Å². The zero-order valence-corrected chi connectivity index (χ0v) is 12.8. The fourth-order valence-corrected chi connectivity index (χ4v) is 2.17. The summed E-state index contributed by atoms with van der Waals surface area (Å²) in [6, 6.07) is 2.22. The van der Waals surface area contributed by atoms with Crippen LogP contribution in [0, 0.1) is 6.92 Å². The molecule has 8 heteroatoms. The zero-order valence-electron chi connectivity index (χ0n) is 12.8. The number of anilines is 2. The van der Waals surface area contributed by atoms with Crippen LogP contribution in [0.1, 0.15) is 12.6 Å². The molecule has 1 saturated heterocycles. The molecule has 0 bridgehead atoms. The van der Waals surface area contributed by atoms with E-state index in [9.17, 15) is 9.59 Å². The first-order valence-corrected chi connectivity index (χ1v) is 7.14. The van der Waals surface area contributed by atoms with Crippen molar-refractivity contribution in [1.29, 1.82) is 0 Å². The van der Waals surface area contributed by atoms with E-state index in [2.05, 4.69) is 20.5 Å². The number of nitrogens with two attached hydrogens (primary N) is 1. The summed E-state index contributed by atoms with van der Waals surface area (Å²) < 4.78 is 5.31. The Hall–Kier alpha value is -2.35. The summed E-state index contributed by atoms with van der Waals surface area (Å²) in [7, 11) is 0. The number of nitrogens with one attached hydrogen (secondary N) is 2. The van der Waals surface area contributed by atoms with Gasteiger partial charge >= 0.3 is 6.03 Å². The standard InChI is InChI=1S/C14H21N5O3/c1-9-11(18-13(20)10(2)17-14(15)21)3-4-12(16-9)19-5-7-22-8-6-19/h3-4,10H,5-8H2,1-2H3,(H,18,20)(H3,15,17,21)/t10-/m0/s1. The van der Waals surface area contributed by atoms with Crippen molar-refractivity contribution < 1.29 is 14.3 Å². The molecule has 1 aromatic rings. The van der Waals surface area contributed by atoms with Gasteiger partial charge in [-0.1, -0.05) is 0 Å². The Bertz CT molecular complexity index is 557. The number of pyridine rings is 1. The van der Waals surface area contributed by atoms with Crippen molar-refractivity contribution in [2.24, 2.45) is 5.73 Å². The van der Waals surface area contributed by atoms with Crippen LogP contribution in [0.5, 0.6) is 0 Å². The van der Waals surface area contributed by atoms with Gasteiger partial charge in [-0.05, 0) is 26.0 Å². The third-order valence-electron chi connectivity index (χ3n) is 3.42. The summed E-state index contributed by atoms with van der Waals surface area (Å²) in [5.41, 5.74) is 6.32. The molecule has 0 aromatic carbocycles. The molecule has 8 nitrogen and oxygen atoms in total. The zero-order chi connectivity index (χ0) is 16.1. The summed E-state index contributed by atoms with van der Waals surface area (Å²) in [4.78, 5) is 29.4. The maximum Gasteiger partial charge on any atom is 0.312 e. The molecule has 0 radical (unpaired) electrons. The third kappa shape index (κ3) is 4.08. The second-order valence-corrected chi connectivity index (χ2v) is 5.12. The molecule has 1 fully saturated rings. The number of ether oxygens (including phenoxy) is 1. The van der Waals surface area contributed by atoms with Crippen molar-refractivity contribution >= 4 is 23.4 Å². The maximum absolute atomic E-state index is 12.0. The number of nitrogens with zero attached hydrogens (tertiary/aromatic N) is 2. The van der Waals surface area contributed by atoms with Crippen molar-refractivity contribution in [3.63, 3.8) is 0 Å². The highest BCUT2D eigenvalue weighted by Gasteiger charge is 2.17. The van der Waals surface area contributed by atoms with Gasteiger partial charge in [-0.3, -0.25) is 4.79 Å². The van der Waals surface area contributed by atoms with E-state index in [-0.39, 0.29) is 5.91 Å². The quantitative estimate of drug-likeness (QED) is 0.737. The smallest absolute Gasteiger partial charge is 0.312 e. The van der Waals surface area contributed by atoms with Crippen molar-refractivity contribution in [2.75, 3.05) is 36.5 Å². The molecule has 4 N–H and O–H groups in total. The van der Waals surface area contributed by atoms with Crippen LogP contribution in [0.25, 0.3) is 0 Å². The van der Waals surface area contributed by atoms with Crippen LogP contribution >= 0.6 is 0 Å². The van der Waals surface area contributed by atoms with Crippen molar-refractivity contribution in [3.05, 3.63) is 17.8 Å². The SMILES string of the molecule is Cc1nc(N2CCOCC2)ccc1NC(=O)[C@H](C)NC(N)=O. The average Bonchev–Trinajstić information content (AvgIpc) is 2.49. The Balaban J connectivity index is 2.03. The van der Waals surface area contributed by atoms with Gasteiger partial charge in [0, 0.05) is 13.1 Å². The van der Waals surface area contributed by atoms with Gasteiger partial charge < -0.3 is 26.0 Å². The number of carbonyl (C=O) groups excluding carboxylic acids is 2. The predicted molar refractivity (Wildman–Crippen MR) is 82.8 cm³/mol. The molecule has 0 saturated carbocycles. The van der Waals surface area contributed by atoms with Gasteiger partial charge in [-0.15, -0.1) is 0 Å². The minimum atomic E-state index is -0.736. The molecule has 120 valence electrons. The van der Waals surface area contributed by atoms with Gasteiger partial charge in [-0.25, -0.2) is 9.78 Å². The molecule has 1 aliphatic rings. The summed E-state index contributed by atoms with van der Waals surface area (Å²) in [6.07, 6.45) is 0. The van der Waals surface area contributed by atoms with Crippen LogP contribution in [0.15, 0.2) is 12.1 Å². The van der Waals surface area contributed by atoms with Gasteiger partial charge in [0.1, 0.15) is 11.9 Å². The van der Waals surface area contributed by atoms with E-state index in [1.165, 1.54) is 0 Å². The lowest BCUT2D eigenvalue weighted by atomic mass is 10.2. The number of amides is 3. The predicted octanol–water partition coefficient (Wildman–Crippen LogP) is 0.222. The second-order valence-electron chi connectivity index (χ2n) is 5.12. The first-order valence-electron chi connectivity index (χ1n) is 7.14. The number of aromatic nitrogens is 1. The molecule has 1 atom stereocenters. The van der Waals surface area contributed by atoms with Gasteiger partial charge in [-0.2, -0.15) is 0 Å². The van der Waals surface area contributed by atoms with Crippen LogP contribution in [0.2, 0.25) is 0 Å². The molecule has 22 heavy (non-hydrogen) atoms. The average molecular weight is 307 g/mol. The number of primary amides is 1. The lowest BCUT2D eigenvalue weighted by molar-refractivity contribution is -0.117. The number of aryl methyl sites for hydroxylation is 1. The summed E-state index contributed by atoms with van der Waals surface area (Å²) in [5, 5.41) is 5.06. The van der Waals surface area contributed by atoms with Crippen molar-refractivity contribution in [2.45, 2.75) is 19.9 Å². The van der Waals surface area contributed by atoms with E-state index in [4.69, 9.17) is 10.5 Å². The van der Waals surface area contributed by atoms with Crippen molar-refractivity contribution in [3.8, 4) is 0 Å². The molecule has 0 unspecified atom stereocenters. The van der Waals surface area contributed by atoms with E-state index >= 15 is 0 Å². The summed E-state index contributed by atoms with van der Waals surface area (Å²) in [5.74, 6) is 0.518. The number of hydrogen-bond acceptors (Lipinski definition) is 5. The Morgan fingerprint density at radius 3 is 2.64 bits per heavy atom. The highest BCUT2D eigenvalue weighted by Crippen LogP contribution is 2.19. The molecular formula is C14H21N5O3. The van der Waals surface area contributed by atoms with Gasteiger partial charge in [0.2, 0.25) is 5.91 Å². The fraction of sp³-hybridized carbons (Fsp3) is 0.500. The highest BCUT2D eigenvalue weighted by atomic mass is 16.5. The molecule has 2 rings (SSSR count). The van der Waals surface area contributed by atoms with Gasteiger partial charge in [0.25, 0.3) is 0 Å². The Labute approximate surface area is 129 Å². The highest BCUT2D eigenvalue weighted by molar-refractivity contribution is 5.97.